The molecule has 0 atom stereocenters. The highest BCUT2D eigenvalue weighted by Gasteiger charge is 2.14. The van der Waals surface area contributed by atoms with Gasteiger partial charge in [-0.15, -0.1) is 0 Å². The van der Waals surface area contributed by atoms with Crippen molar-refractivity contribution >= 4 is 17.6 Å². The topological polar surface area (TPSA) is 62.7 Å². The summed E-state index contributed by atoms with van der Waals surface area (Å²) >= 11 is 0. The molecule has 7 heteroatoms. The Labute approximate surface area is 144 Å². The second kappa shape index (κ2) is 7.21. The Morgan fingerprint density at radius 1 is 0.880 bits per heavy atom. The van der Waals surface area contributed by atoms with E-state index in [1.54, 1.807) is 0 Å². The zero-order valence-electron chi connectivity index (χ0n) is 13.8. The summed E-state index contributed by atoms with van der Waals surface area (Å²) in [7, 11) is 0. The van der Waals surface area contributed by atoms with E-state index in [1.165, 1.54) is 12.1 Å². The molecule has 0 aliphatic carbocycles. The Balaban J connectivity index is 2.03. The Morgan fingerprint density at radius 3 is 2.28 bits per heavy atom. The van der Waals surface area contributed by atoms with Crippen LogP contribution < -0.4 is 10.6 Å². The Bertz CT molecular complexity index is 869. The van der Waals surface area contributed by atoms with Crippen molar-refractivity contribution in [1.29, 1.82) is 0 Å². The van der Waals surface area contributed by atoms with Gasteiger partial charge in [0.2, 0.25) is 11.9 Å². The van der Waals surface area contributed by atoms with Gasteiger partial charge in [0.1, 0.15) is 11.6 Å². The third-order valence-corrected chi connectivity index (χ3v) is 3.26. The normalized spacial score (nSPS) is 10.8. The zero-order valence-corrected chi connectivity index (χ0v) is 13.8. The number of nitrogens with one attached hydrogen (secondary N) is 2. The van der Waals surface area contributed by atoms with Crippen molar-refractivity contribution in [3.63, 3.8) is 0 Å². The van der Waals surface area contributed by atoms with Crippen molar-refractivity contribution in [2.24, 2.45) is 0 Å². The molecule has 0 aliphatic rings. The number of rotatable bonds is 5. The maximum atomic E-state index is 14.1. The van der Waals surface area contributed by atoms with Gasteiger partial charge in [-0.2, -0.15) is 15.0 Å². The predicted octanol–water partition coefficient (Wildman–Crippen LogP) is 4.38. The number of hydrogen-bond donors (Lipinski definition) is 2. The van der Waals surface area contributed by atoms with Gasteiger partial charge >= 0.3 is 0 Å². The third kappa shape index (κ3) is 4.26. The van der Waals surface area contributed by atoms with Crippen molar-refractivity contribution in [2.45, 2.75) is 19.9 Å². The number of benzene rings is 2. The van der Waals surface area contributed by atoms with E-state index in [4.69, 9.17) is 0 Å². The zero-order chi connectivity index (χ0) is 17.8. The molecule has 0 saturated carbocycles. The molecule has 0 saturated heterocycles. The lowest BCUT2D eigenvalue weighted by atomic mass is 10.2. The van der Waals surface area contributed by atoms with E-state index in [-0.39, 0.29) is 23.4 Å². The number of aromatic nitrogens is 3. The van der Waals surface area contributed by atoms with Crippen LogP contribution in [0.5, 0.6) is 0 Å². The molecule has 3 aromatic rings. The molecule has 0 fully saturated rings. The molecule has 0 bridgehead atoms. The van der Waals surface area contributed by atoms with Crippen LogP contribution in [-0.2, 0) is 0 Å². The highest BCUT2D eigenvalue weighted by atomic mass is 19.1. The van der Waals surface area contributed by atoms with Crippen LogP contribution in [0.25, 0.3) is 11.4 Å². The molecule has 0 radical (unpaired) electrons. The first-order valence-electron chi connectivity index (χ1n) is 7.81. The van der Waals surface area contributed by atoms with Crippen molar-refractivity contribution in [3.05, 3.63) is 60.2 Å². The first-order chi connectivity index (χ1) is 12.0. The fourth-order valence-corrected chi connectivity index (χ4v) is 2.20. The Morgan fingerprint density at radius 2 is 1.60 bits per heavy atom. The van der Waals surface area contributed by atoms with Gasteiger partial charge in [0, 0.05) is 17.8 Å². The molecule has 2 N–H and O–H groups in total. The van der Waals surface area contributed by atoms with Crippen molar-refractivity contribution < 1.29 is 8.78 Å². The molecule has 3 rings (SSSR count). The summed E-state index contributed by atoms with van der Waals surface area (Å²) in [6.45, 7) is 3.87. The molecule has 2 aromatic carbocycles. The van der Waals surface area contributed by atoms with E-state index in [2.05, 4.69) is 25.6 Å². The molecular formula is C18H17F2N5. The van der Waals surface area contributed by atoms with Crippen molar-refractivity contribution in [3.8, 4) is 11.4 Å². The van der Waals surface area contributed by atoms with Crippen LogP contribution in [0.3, 0.4) is 0 Å². The number of halogens is 2. The maximum Gasteiger partial charge on any atom is 0.232 e. The van der Waals surface area contributed by atoms with Crippen LogP contribution in [-0.4, -0.2) is 21.0 Å². The summed E-state index contributed by atoms with van der Waals surface area (Å²) in [5, 5.41) is 6.13. The van der Waals surface area contributed by atoms with Crippen LogP contribution in [0.2, 0.25) is 0 Å². The van der Waals surface area contributed by atoms with Crippen LogP contribution in [0.4, 0.5) is 26.4 Å². The minimum atomic E-state index is -0.729. The minimum absolute atomic E-state index is 0.0814. The lowest BCUT2D eigenvalue weighted by Gasteiger charge is -2.12. The van der Waals surface area contributed by atoms with Crippen molar-refractivity contribution in [1.82, 2.24) is 15.0 Å². The smallest absolute Gasteiger partial charge is 0.232 e. The highest BCUT2D eigenvalue weighted by molar-refractivity contribution is 5.61. The van der Waals surface area contributed by atoms with E-state index in [0.717, 1.165) is 11.8 Å². The molecule has 25 heavy (non-hydrogen) atoms. The number of anilines is 3. The van der Waals surface area contributed by atoms with E-state index in [9.17, 15) is 8.78 Å². The monoisotopic (exact) mass is 341 g/mol. The van der Waals surface area contributed by atoms with Crippen LogP contribution in [0.15, 0.2) is 48.5 Å². The van der Waals surface area contributed by atoms with Gasteiger partial charge < -0.3 is 10.6 Å². The van der Waals surface area contributed by atoms with Crippen molar-refractivity contribution in [2.75, 3.05) is 10.6 Å². The summed E-state index contributed by atoms with van der Waals surface area (Å²) in [5.41, 5.74) is 0.890. The number of nitrogens with zero attached hydrogens (tertiary/aromatic N) is 3. The van der Waals surface area contributed by atoms with Gasteiger partial charge in [0.25, 0.3) is 0 Å². The lowest BCUT2D eigenvalue weighted by Crippen LogP contribution is -2.14. The van der Waals surface area contributed by atoms with Crippen LogP contribution >= 0.6 is 0 Å². The molecule has 128 valence electrons. The highest BCUT2D eigenvalue weighted by Crippen LogP contribution is 2.23. The number of hydrogen-bond acceptors (Lipinski definition) is 5. The Kier molecular flexibility index (Phi) is 4.83. The SMILES string of the molecule is CC(C)Nc1nc(Nc2ccccc2)nc(-c2ccc(F)cc2F)n1. The fraction of sp³-hybridized carbons (Fsp3) is 0.167. The molecule has 5 nitrogen and oxygen atoms in total. The summed E-state index contributed by atoms with van der Waals surface area (Å²) in [6, 6.07) is 12.7. The largest absolute Gasteiger partial charge is 0.352 e. The first kappa shape index (κ1) is 16.8. The second-order valence-electron chi connectivity index (χ2n) is 5.72. The quantitative estimate of drug-likeness (QED) is 0.721. The maximum absolute atomic E-state index is 14.1. The van der Waals surface area contributed by atoms with E-state index >= 15 is 0 Å². The standard InChI is InChI=1S/C18H17F2N5/c1-11(2)21-17-23-16(14-9-8-12(19)10-15(14)20)24-18(25-17)22-13-6-4-3-5-7-13/h3-11H,1-2H3,(H2,21,22,23,24,25). The predicted molar refractivity (Wildman–Crippen MR) is 93.7 cm³/mol. The number of para-hydroxylation sites is 1. The van der Waals surface area contributed by atoms with Gasteiger partial charge in [-0.05, 0) is 38.1 Å². The molecule has 0 aliphatic heterocycles. The van der Waals surface area contributed by atoms with Gasteiger partial charge in [-0.25, -0.2) is 8.78 Å². The summed E-state index contributed by atoms with van der Waals surface area (Å²) < 4.78 is 27.3. The minimum Gasteiger partial charge on any atom is -0.352 e. The molecular weight excluding hydrogens is 324 g/mol. The van der Waals surface area contributed by atoms with E-state index in [0.29, 0.717) is 5.95 Å². The van der Waals surface area contributed by atoms with Gasteiger partial charge in [-0.3, -0.25) is 0 Å². The van der Waals surface area contributed by atoms with Crippen LogP contribution in [0, 0.1) is 11.6 Å². The lowest BCUT2D eigenvalue weighted by molar-refractivity contribution is 0.585. The van der Waals surface area contributed by atoms with Gasteiger partial charge in [0.05, 0.1) is 5.56 Å². The van der Waals surface area contributed by atoms with Gasteiger partial charge in [0.15, 0.2) is 5.82 Å². The molecule has 0 spiro atoms. The van der Waals surface area contributed by atoms with Gasteiger partial charge in [-0.1, -0.05) is 18.2 Å². The van der Waals surface area contributed by atoms with E-state index < -0.39 is 11.6 Å². The summed E-state index contributed by atoms with van der Waals surface area (Å²) in [6.07, 6.45) is 0. The second-order valence-corrected chi connectivity index (χ2v) is 5.72. The summed E-state index contributed by atoms with van der Waals surface area (Å²) in [4.78, 5) is 12.8. The Hall–Kier alpha value is -3.09. The third-order valence-electron chi connectivity index (χ3n) is 3.26. The fourth-order valence-electron chi connectivity index (χ4n) is 2.20. The molecule has 1 heterocycles. The first-order valence-corrected chi connectivity index (χ1v) is 7.81. The average molecular weight is 341 g/mol. The van der Waals surface area contributed by atoms with E-state index in [1.807, 2.05) is 44.2 Å². The van der Waals surface area contributed by atoms with Crippen LogP contribution in [0.1, 0.15) is 13.8 Å². The average Bonchev–Trinajstić information content (AvgIpc) is 2.55. The summed E-state index contributed by atoms with van der Waals surface area (Å²) in [5.74, 6) is -0.690. The molecule has 0 unspecified atom stereocenters. The molecule has 0 amide bonds. The molecule has 1 aromatic heterocycles.